The minimum Gasteiger partial charge on any atom is -0.335 e. The summed E-state index contributed by atoms with van der Waals surface area (Å²) in [7, 11) is 0. The van der Waals surface area contributed by atoms with Crippen LogP contribution >= 0.6 is 0 Å². The molecule has 0 atom stereocenters. The second-order valence-electron chi connectivity index (χ2n) is 7.50. The monoisotopic (exact) mass is 361 g/mol. The van der Waals surface area contributed by atoms with Gasteiger partial charge in [-0.1, -0.05) is 25.7 Å². The van der Waals surface area contributed by atoms with E-state index in [0.29, 0.717) is 12.6 Å². The molecule has 2 amide bonds. The van der Waals surface area contributed by atoms with Crippen molar-refractivity contribution in [1.82, 2.24) is 24.9 Å². The van der Waals surface area contributed by atoms with Gasteiger partial charge < -0.3 is 10.2 Å². The highest BCUT2D eigenvalue weighted by Gasteiger charge is 2.23. The average Bonchev–Trinajstić information content (AvgIpc) is 2.91. The van der Waals surface area contributed by atoms with Crippen LogP contribution < -0.4 is 10.9 Å². The second-order valence-corrected chi connectivity index (χ2v) is 7.50. The molecule has 0 unspecified atom stereocenters. The van der Waals surface area contributed by atoms with Gasteiger partial charge in [-0.25, -0.2) is 9.48 Å². The number of piperazine rings is 1. The third kappa shape index (κ3) is 5.30. The van der Waals surface area contributed by atoms with E-state index in [2.05, 4.69) is 15.3 Å². The maximum absolute atomic E-state index is 12.5. The number of urea groups is 1. The fraction of sp³-hybridized carbons (Fsp3) is 0.737. The molecular weight excluding hydrogens is 330 g/mol. The lowest BCUT2D eigenvalue weighted by atomic mass is 10.1. The molecule has 2 heterocycles. The molecule has 7 heteroatoms. The minimum absolute atomic E-state index is 0.0583. The highest BCUT2D eigenvalue weighted by molar-refractivity contribution is 5.74. The summed E-state index contributed by atoms with van der Waals surface area (Å²) in [4.78, 5) is 28.5. The average molecular weight is 361 g/mol. The predicted octanol–water partition coefficient (Wildman–Crippen LogP) is 1.60. The summed E-state index contributed by atoms with van der Waals surface area (Å²) in [5.41, 5.74) is 0.793. The summed E-state index contributed by atoms with van der Waals surface area (Å²) >= 11 is 0. The maximum Gasteiger partial charge on any atom is 0.317 e. The van der Waals surface area contributed by atoms with Gasteiger partial charge in [0.2, 0.25) is 0 Å². The zero-order chi connectivity index (χ0) is 18.4. The smallest absolute Gasteiger partial charge is 0.317 e. The molecule has 144 valence electrons. The number of amides is 2. The molecular formula is C19H31N5O2. The van der Waals surface area contributed by atoms with E-state index in [9.17, 15) is 9.59 Å². The fourth-order valence-corrected chi connectivity index (χ4v) is 3.81. The van der Waals surface area contributed by atoms with Crippen molar-refractivity contribution in [3.63, 3.8) is 0 Å². The Hall–Kier alpha value is -1.89. The van der Waals surface area contributed by atoms with E-state index in [1.54, 1.807) is 12.1 Å². The predicted molar refractivity (Wildman–Crippen MR) is 101 cm³/mol. The first-order chi connectivity index (χ1) is 12.6. The topological polar surface area (TPSA) is 70.5 Å². The quantitative estimate of drug-likeness (QED) is 0.827. The third-order valence-electron chi connectivity index (χ3n) is 5.47. The van der Waals surface area contributed by atoms with Gasteiger partial charge in [-0.05, 0) is 25.8 Å². The zero-order valence-electron chi connectivity index (χ0n) is 15.8. The molecule has 0 aromatic carbocycles. The fourth-order valence-electron chi connectivity index (χ4n) is 3.81. The van der Waals surface area contributed by atoms with Crippen molar-refractivity contribution in [2.24, 2.45) is 0 Å². The lowest BCUT2D eigenvalue weighted by Crippen LogP contribution is -2.53. The molecule has 2 aliphatic rings. The SMILES string of the molecule is Cc1ccc(=O)n(CCN2CCN(C(=O)NC3CCCCCC3)CC2)n1. The van der Waals surface area contributed by atoms with E-state index in [-0.39, 0.29) is 11.6 Å². The molecule has 0 bridgehead atoms. The molecule has 0 radical (unpaired) electrons. The third-order valence-corrected chi connectivity index (χ3v) is 5.47. The Labute approximate surface area is 155 Å². The Kier molecular flexibility index (Phi) is 6.66. The van der Waals surface area contributed by atoms with Gasteiger partial charge in [-0.2, -0.15) is 5.10 Å². The van der Waals surface area contributed by atoms with Crippen LogP contribution in [-0.2, 0) is 6.54 Å². The van der Waals surface area contributed by atoms with Crippen LogP contribution in [0.5, 0.6) is 0 Å². The van der Waals surface area contributed by atoms with Crippen LogP contribution in [0.2, 0.25) is 0 Å². The Bertz CT molecular complexity index is 644. The van der Waals surface area contributed by atoms with Crippen LogP contribution in [0.25, 0.3) is 0 Å². The number of rotatable bonds is 4. The molecule has 1 saturated carbocycles. The van der Waals surface area contributed by atoms with Gasteiger partial charge in [-0.3, -0.25) is 9.69 Å². The van der Waals surface area contributed by atoms with Crippen LogP contribution in [0.4, 0.5) is 4.79 Å². The Morgan fingerprint density at radius 1 is 1.08 bits per heavy atom. The molecule has 26 heavy (non-hydrogen) atoms. The highest BCUT2D eigenvalue weighted by atomic mass is 16.2. The number of nitrogens with one attached hydrogen (secondary N) is 1. The van der Waals surface area contributed by atoms with Gasteiger partial charge in [0.25, 0.3) is 5.56 Å². The number of hydrogen-bond acceptors (Lipinski definition) is 4. The van der Waals surface area contributed by atoms with Crippen molar-refractivity contribution in [1.29, 1.82) is 0 Å². The lowest BCUT2D eigenvalue weighted by Gasteiger charge is -2.35. The first kappa shape index (κ1) is 18.9. The van der Waals surface area contributed by atoms with Gasteiger partial charge in [0.15, 0.2) is 0 Å². The second kappa shape index (κ2) is 9.16. The van der Waals surface area contributed by atoms with Crippen LogP contribution in [0.3, 0.4) is 0 Å². The van der Waals surface area contributed by atoms with Gasteiger partial charge in [0.05, 0.1) is 12.2 Å². The van der Waals surface area contributed by atoms with E-state index < -0.39 is 0 Å². The summed E-state index contributed by atoms with van der Waals surface area (Å²) in [6.07, 6.45) is 7.28. The summed E-state index contributed by atoms with van der Waals surface area (Å²) in [5.74, 6) is 0. The zero-order valence-corrected chi connectivity index (χ0v) is 15.8. The first-order valence-electron chi connectivity index (χ1n) is 9.94. The Morgan fingerprint density at radius 2 is 1.77 bits per heavy atom. The lowest BCUT2D eigenvalue weighted by molar-refractivity contribution is 0.133. The van der Waals surface area contributed by atoms with Gasteiger partial charge in [0, 0.05) is 44.8 Å². The van der Waals surface area contributed by atoms with E-state index >= 15 is 0 Å². The molecule has 0 spiro atoms. The van der Waals surface area contributed by atoms with Crippen LogP contribution in [0, 0.1) is 6.92 Å². The summed E-state index contributed by atoms with van der Waals surface area (Å²) in [6.45, 7) is 6.45. The van der Waals surface area contributed by atoms with Crippen molar-refractivity contribution in [3.8, 4) is 0 Å². The van der Waals surface area contributed by atoms with Crippen molar-refractivity contribution >= 4 is 6.03 Å². The number of aryl methyl sites for hydroxylation is 1. The van der Waals surface area contributed by atoms with Crippen molar-refractivity contribution in [2.45, 2.75) is 58.0 Å². The van der Waals surface area contributed by atoms with E-state index in [0.717, 1.165) is 51.3 Å². The molecule has 1 aliphatic carbocycles. The van der Waals surface area contributed by atoms with Crippen LogP contribution in [-0.4, -0.2) is 64.4 Å². The normalized spacial score (nSPS) is 20.0. The molecule has 2 fully saturated rings. The number of aromatic nitrogens is 2. The molecule has 7 nitrogen and oxygen atoms in total. The summed E-state index contributed by atoms with van der Waals surface area (Å²) < 4.78 is 1.53. The van der Waals surface area contributed by atoms with Crippen LogP contribution in [0.15, 0.2) is 16.9 Å². The van der Waals surface area contributed by atoms with Crippen molar-refractivity contribution in [3.05, 3.63) is 28.2 Å². The van der Waals surface area contributed by atoms with Crippen molar-refractivity contribution < 1.29 is 4.79 Å². The Morgan fingerprint density at radius 3 is 2.46 bits per heavy atom. The molecule has 1 aromatic heterocycles. The Balaban J connectivity index is 1.41. The van der Waals surface area contributed by atoms with Crippen LogP contribution in [0.1, 0.15) is 44.2 Å². The number of carbonyl (C=O) groups is 1. The molecule has 3 rings (SSSR count). The van der Waals surface area contributed by atoms with Gasteiger partial charge in [-0.15, -0.1) is 0 Å². The number of carbonyl (C=O) groups excluding carboxylic acids is 1. The molecule has 1 aliphatic heterocycles. The van der Waals surface area contributed by atoms with Gasteiger partial charge in [0.1, 0.15) is 0 Å². The van der Waals surface area contributed by atoms with Gasteiger partial charge >= 0.3 is 6.03 Å². The molecule has 1 N–H and O–H groups in total. The minimum atomic E-state index is -0.0583. The summed E-state index contributed by atoms with van der Waals surface area (Å²) in [5, 5.41) is 7.50. The molecule has 1 aromatic rings. The first-order valence-corrected chi connectivity index (χ1v) is 9.94. The standard InChI is InChI=1S/C19H31N5O2/c1-16-8-9-18(25)24(21-16)15-12-22-10-13-23(14-11-22)19(26)20-17-6-4-2-3-5-7-17/h8-9,17H,2-7,10-15H2,1H3,(H,20,26). The van der Waals surface area contributed by atoms with Crippen molar-refractivity contribution in [2.75, 3.05) is 32.7 Å². The van der Waals surface area contributed by atoms with E-state index in [4.69, 9.17) is 0 Å². The maximum atomic E-state index is 12.5. The van der Waals surface area contributed by atoms with E-state index in [1.807, 2.05) is 11.8 Å². The highest BCUT2D eigenvalue weighted by Crippen LogP contribution is 2.17. The largest absolute Gasteiger partial charge is 0.335 e. The molecule has 1 saturated heterocycles. The van der Waals surface area contributed by atoms with E-state index in [1.165, 1.54) is 30.4 Å². The number of hydrogen-bond donors (Lipinski definition) is 1. The summed E-state index contributed by atoms with van der Waals surface area (Å²) in [6, 6.07) is 3.75. The number of nitrogens with zero attached hydrogens (tertiary/aromatic N) is 4.